The van der Waals surface area contributed by atoms with Gasteiger partial charge in [-0.15, -0.1) is 11.3 Å². The number of amides is 1. The molecule has 1 fully saturated rings. The number of carboxylic acids is 1. The zero-order valence-corrected chi connectivity index (χ0v) is 23.6. The number of benzene rings is 3. The molecule has 1 amide bonds. The van der Waals surface area contributed by atoms with E-state index in [1.165, 1.54) is 66.7 Å². The number of hydrogen-bond acceptors (Lipinski definition) is 5. The molecule has 206 valence electrons. The predicted octanol–water partition coefficient (Wildman–Crippen LogP) is 7.48. The summed E-state index contributed by atoms with van der Waals surface area (Å²) in [5.41, 5.74) is 6.47. The summed E-state index contributed by atoms with van der Waals surface area (Å²) in [6.07, 6.45) is 7.78. The molecule has 0 unspecified atom stereocenters. The van der Waals surface area contributed by atoms with Crippen LogP contribution in [0.4, 0.5) is 5.69 Å². The molecule has 0 spiro atoms. The van der Waals surface area contributed by atoms with Gasteiger partial charge in [0.25, 0.3) is 5.91 Å². The number of nitrogens with zero attached hydrogens (tertiary/aromatic N) is 2. The Hall–Kier alpha value is -3.97. The molecule has 2 N–H and O–H groups in total. The Morgan fingerprint density at radius 3 is 2.27 bits per heavy atom. The van der Waals surface area contributed by atoms with E-state index >= 15 is 0 Å². The lowest BCUT2D eigenvalue weighted by molar-refractivity contribution is 0.0695. The maximum atomic E-state index is 12.8. The Kier molecular flexibility index (Phi) is 8.91. The number of aromatic carboxylic acids is 1. The van der Waals surface area contributed by atoms with E-state index in [-0.39, 0.29) is 11.5 Å². The smallest absolute Gasteiger partial charge is 0.335 e. The van der Waals surface area contributed by atoms with E-state index in [9.17, 15) is 9.59 Å². The van der Waals surface area contributed by atoms with Crippen molar-refractivity contribution in [1.29, 1.82) is 0 Å². The average Bonchev–Trinajstić information content (AvgIpc) is 3.46. The second-order valence-electron chi connectivity index (χ2n) is 10.5. The average molecular weight is 554 g/mol. The Labute approximate surface area is 239 Å². The van der Waals surface area contributed by atoms with E-state index in [1.807, 2.05) is 5.38 Å². The molecule has 3 aromatic carbocycles. The van der Waals surface area contributed by atoms with Gasteiger partial charge >= 0.3 is 5.97 Å². The number of carboxylic acid groups (broad SMARTS) is 1. The van der Waals surface area contributed by atoms with Gasteiger partial charge in [0.1, 0.15) is 5.01 Å². The van der Waals surface area contributed by atoms with Gasteiger partial charge in [-0.25, -0.2) is 9.78 Å². The van der Waals surface area contributed by atoms with Crippen molar-refractivity contribution >= 4 is 28.9 Å². The second-order valence-corrected chi connectivity index (χ2v) is 11.4. The molecule has 0 radical (unpaired) electrons. The minimum Gasteiger partial charge on any atom is -0.478 e. The van der Waals surface area contributed by atoms with Crippen molar-refractivity contribution in [3.05, 3.63) is 105 Å². The van der Waals surface area contributed by atoms with Gasteiger partial charge in [-0.3, -0.25) is 4.79 Å². The fraction of sp³-hybridized carbons (Fsp3) is 0.303. The van der Waals surface area contributed by atoms with E-state index in [1.54, 1.807) is 24.1 Å². The molecule has 1 aliphatic rings. The van der Waals surface area contributed by atoms with Crippen LogP contribution in [0.15, 0.2) is 78.2 Å². The van der Waals surface area contributed by atoms with Crippen LogP contribution in [0.5, 0.6) is 0 Å². The van der Waals surface area contributed by atoms with Crippen LogP contribution in [-0.4, -0.2) is 40.5 Å². The first kappa shape index (κ1) is 27.6. The number of carbonyl (C=O) groups is 2. The molecule has 1 aliphatic carbocycles. The summed E-state index contributed by atoms with van der Waals surface area (Å²) in [6, 6.07) is 23.5. The fourth-order valence-electron chi connectivity index (χ4n) is 5.27. The SMILES string of the molecule is CN(Cc1nc(-c2ccc(NCCc3ccc(C4CCCCC4)cc3)cc2)cs1)C(=O)c1ccc(C(=O)O)cc1. The van der Waals surface area contributed by atoms with Crippen LogP contribution >= 0.6 is 11.3 Å². The van der Waals surface area contributed by atoms with Crippen molar-refractivity contribution in [2.24, 2.45) is 0 Å². The van der Waals surface area contributed by atoms with Crippen LogP contribution < -0.4 is 5.32 Å². The highest BCUT2D eigenvalue weighted by Crippen LogP contribution is 2.32. The van der Waals surface area contributed by atoms with Crippen molar-refractivity contribution in [2.45, 2.75) is 51.0 Å². The van der Waals surface area contributed by atoms with E-state index in [4.69, 9.17) is 10.1 Å². The zero-order valence-electron chi connectivity index (χ0n) is 22.8. The van der Waals surface area contributed by atoms with E-state index in [2.05, 4.69) is 53.8 Å². The van der Waals surface area contributed by atoms with Crippen molar-refractivity contribution in [1.82, 2.24) is 9.88 Å². The predicted molar refractivity (Wildman–Crippen MR) is 161 cm³/mol. The Morgan fingerprint density at radius 2 is 1.60 bits per heavy atom. The summed E-state index contributed by atoms with van der Waals surface area (Å²) in [7, 11) is 1.72. The second kappa shape index (κ2) is 12.9. The highest BCUT2D eigenvalue weighted by molar-refractivity contribution is 7.09. The maximum Gasteiger partial charge on any atom is 0.335 e. The molecule has 40 heavy (non-hydrogen) atoms. The zero-order chi connectivity index (χ0) is 27.9. The quantitative estimate of drug-likeness (QED) is 0.213. The normalized spacial score (nSPS) is 13.6. The third-order valence-corrected chi connectivity index (χ3v) is 8.46. The van der Waals surface area contributed by atoms with Crippen LogP contribution in [0.3, 0.4) is 0 Å². The largest absolute Gasteiger partial charge is 0.478 e. The maximum absolute atomic E-state index is 12.8. The van der Waals surface area contributed by atoms with Crippen LogP contribution in [0.1, 0.15) is 74.9 Å². The van der Waals surface area contributed by atoms with Crippen molar-refractivity contribution in [2.75, 3.05) is 18.9 Å². The van der Waals surface area contributed by atoms with Gasteiger partial charge in [0, 0.05) is 35.8 Å². The minimum absolute atomic E-state index is 0.157. The summed E-state index contributed by atoms with van der Waals surface area (Å²) in [5.74, 6) is -0.438. The molecule has 0 aliphatic heterocycles. The highest BCUT2D eigenvalue weighted by Gasteiger charge is 2.16. The topological polar surface area (TPSA) is 82.5 Å². The van der Waals surface area contributed by atoms with Crippen LogP contribution in [0.25, 0.3) is 11.3 Å². The van der Waals surface area contributed by atoms with Crippen molar-refractivity contribution in [3.8, 4) is 11.3 Å². The number of carbonyl (C=O) groups excluding carboxylic acids is 1. The molecule has 5 rings (SSSR count). The number of nitrogens with one attached hydrogen (secondary N) is 1. The molecule has 7 heteroatoms. The summed E-state index contributed by atoms with van der Waals surface area (Å²) < 4.78 is 0. The van der Waals surface area contributed by atoms with Crippen LogP contribution in [0.2, 0.25) is 0 Å². The van der Waals surface area contributed by atoms with Gasteiger partial charge in [0.15, 0.2) is 0 Å². The molecule has 4 aromatic rings. The molecule has 1 heterocycles. The molecular weight excluding hydrogens is 518 g/mol. The highest BCUT2D eigenvalue weighted by atomic mass is 32.1. The summed E-state index contributed by atoms with van der Waals surface area (Å²) in [5, 5.41) is 15.4. The number of thiazole rings is 1. The summed E-state index contributed by atoms with van der Waals surface area (Å²) in [6.45, 7) is 1.26. The summed E-state index contributed by atoms with van der Waals surface area (Å²) in [4.78, 5) is 30.1. The molecule has 6 nitrogen and oxygen atoms in total. The van der Waals surface area contributed by atoms with Crippen molar-refractivity contribution < 1.29 is 14.7 Å². The molecular formula is C33H35N3O3S. The van der Waals surface area contributed by atoms with Gasteiger partial charge in [0.05, 0.1) is 17.8 Å². The molecule has 1 aromatic heterocycles. The number of rotatable bonds is 10. The van der Waals surface area contributed by atoms with E-state index in [0.29, 0.717) is 12.1 Å². The monoisotopic (exact) mass is 553 g/mol. The Balaban J connectivity index is 1.10. The first-order valence-corrected chi connectivity index (χ1v) is 14.8. The van der Waals surface area contributed by atoms with Gasteiger partial charge in [-0.1, -0.05) is 55.7 Å². The molecule has 0 atom stereocenters. The lowest BCUT2D eigenvalue weighted by Gasteiger charge is -2.22. The third kappa shape index (κ3) is 6.96. The lowest BCUT2D eigenvalue weighted by atomic mass is 9.84. The Morgan fingerprint density at radius 1 is 0.925 bits per heavy atom. The molecule has 1 saturated carbocycles. The van der Waals surface area contributed by atoms with E-state index in [0.717, 1.165) is 40.8 Å². The van der Waals surface area contributed by atoms with E-state index < -0.39 is 5.97 Å². The van der Waals surface area contributed by atoms with Gasteiger partial charge < -0.3 is 15.3 Å². The molecule has 0 saturated heterocycles. The Bertz CT molecular complexity index is 1420. The van der Waals surface area contributed by atoms with Crippen molar-refractivity contribution in [3.63, 3.8) is 0 Å². The number of anilines is 1. The first-order valence-electron chi connectivity index (χ1n) is 13.9. The standard InChI is InChI=1S/C33H35N3O3S/c1-36(32(37)27-11-13-28(14-12-27)33(38)39)21-31-35-30(22-40-31)26-15-17-29(18-16-26)34-20-19-23-7-9-25(10-8-23)24-5-3-2-4-6-24/h7-18,22,24,34H,2-6,19-21H2,1H3,(H,38,39). The minimum atomic E-state index is -1.01. The van der Waals surface area contributed by atoms with Gasteiger partial charge in [-0.2, -0.15) is 0 Å². The fourth-order valence-corrected chi connectivity index (χ4v) is 6.12. The van der Waals surface area contributed by atoms with Gasteiger partial charge in [-0.05, 0) is 72.7 Å². The first-order chi connectivity index (χ1) is 19.5. The number of hydrogen-bond donors (Lipinski definition) is 2. The third-order valence-electron chi connectivity index (χ3n) is 7.63. The summed E-state index contributed by atoms with van der Waals surface area (Å²) >= 11 is 1.52. The molecule has 0 bridgehead atoms. The van der Waals surface area contributed by atoms with Crippen LogP contribution in [-0.2, 0) is 13.0 Å². The van der Waals surface area contributed by atoms with Gasteiger partial charge in [0.2, 0.25) is 0 Å². The van der Waals surface area contributed by atoms with Crippen LogP contribution in [0, 0.1) is 0 Å². The number of aromatic nitrogens is 1. The lowest BCUT2D eigenvalue weighted by Crippen LogP contribution is -2.26.